The van der Waals surface area contributed by atoms with Crippen molar-refractivity contribution in [1.82, 2.24) is 9.80 Å². The normalized spacial score (nSPS) is 11.3. The number of likely N-dealkylation sites (N-methyl/N-ethyl adjacent to an activating group) is 2. The Morgan fingerprint density at radius 1 is 0.607 bits per heavy atom. The minimum absolute atomic E-state index is 0.176. The van der Waals surface area contributed by atoms with Crippen molar-refractivity contribution in [1.29, 1.82) is 0 Å². The first kappa shape index (κ1) is 42.9. The van der Waals surface area contributed by atoms with E-state index in [1.54, 1.807) is 72.8 Å². The third-order valence-corrected chi connectivity index (χ3v) is 9.06. The van der Waals surface area contributed by atoms with Crippen molar-refractivity contribution in [3.05, 3.63) is 142 Å². The first-order chi connectivity index (χ1) is 26.9. The molecule has 0 heterocycles. The van der Waals surface area contributed by atoms with Gasteiger partial charge in [0.05, 0.1) is 0 Å². The van der Waals surface area contributed by atoms with Crippen LogP contribution in [0.1, 0.15) is 41.7 Å². The zero-order valence-electron chi connectivity index (χ0n) is 31.9. The molecule has 0 saturated heterocycles. The molecule has 0 unspecified atom stereocenters. The van der Waals surface area contributed by atoms with E-state index in [1.807, 2.05) is 62.1 Å². The molecule has 0 saturated carbocycles. The number of hydrogen-bond donors (Lipinski definition) is 4. The summed E-state index contributed by atoms with van der Waals surface area (Å²) in [5, 5.41) is 41.2. The van der Waals surface area contributed by atoms with Crippen LogP contribution in [-0.2, 0) is 32.2 Å². The van der Waals surface area contributed by atoms with Crippen molar-refractivity contribution < 1.29 is 39.5 Å². The van der Waals surface area contributed by atoms with Crippen LogP contribution in [0.15, 0.2) is 109 Å². The van der Waals surface area contributed by atoms with Crippen molar-refractivity contribution >= 4 is 46.5 Å². The molecule has 294 valence electrons. The number of halogens is 1. The molecule has 0 amide bonds. The Morgan fingerprint density at radius 3 is 1.71 bits per heavy atom. The number of fused-ring (bicyclic) bond motifs is 1. The lowest BCUT2D eigenvalue weighted by atomic mass is 10.1. The summed E-state index contributed by atoms with van der Waals surface area (Å²) >= 11 is 5.96. The summed E-state index contributed by atoms with van der Waals surface area (Å²) in [6, 6.07) is 27.9. The third-order valence-electron chi connectivity index (χ3n) is 8.83. The van der Waals surface area contributed by atoms with Gasteiger partial charge in [-0.3, -0.25) is 9.80 Å². The molecule has 5 rings (SSSR count). The van der Waals surface area contributed by atoms with Gasteiger partial charge in [-0.25, -0.2) is 9.59 Å². The Balaban J connectivity index is 0.000000251. The number of hydrogen-bond acceptors (Lipinski definition) is 10. The first-order valence-corrected chi connectivity index (χ1v) is 18.7. The molecule has 0 spiro atoms. The smallest absolute Gasteiger partial charge is 0.330 e. The van der Waals surface area contributed by atoms with Crippen LogP contribution in [0.4, 0.5) is 0 Å². The Hall–Kier alpha value is -5.81. The van der Waals surface area contributed by atoms with Gasteiger partial charge in [-0.05, 0) is 109 Å². The molecule has 0 aliphatic carbocycles. The number of esters is 2. The van der Waals surface area contributed by atoms with Gasteiger partial charge in [-0.15, -0.1) is 0 Å². The summed E-state index contributed by atoms with van der Waals surface area (Å²) in [5.41, 5.74) is 4.38. The summed E-state index contributed by atoms with van der Waals surface area (Å²) in [5.74, 6) is 0.0597. The van der Waals surface area contributed by atoms with Crippen molar-refractivity contribution in [3.63, 3.8) is 0 Å². The molecule has 56 heavy (non-hydrogen) atoms. The van der Waals surface area contributed by atoms with Gasteiger partial charge in [0.1, 0.15) is 36.2 Å². The predicted molar refractivity (Wildman–Crippen MR) is 222 cm³/mol. The lowest BCUT2D eigenvalue weighted by Gasteiger charge is -2.20. The molecule has 0 aliphatic heterocycles. The Kier molecular flexibility index (Phi) is 16.8. The van der Waals surface area contributed by atoms with Crippen LogP contribution in [-0.4, -0.2) is 81.6 Å². The van der Waals surface area contributed by atoms with Gasteiger partial charge in [0, 0.05) is 54.5 Å². The number of phenolic OH excluding ortho intramolecular Hbond substituents is 4. The second-order valence-electron chi connectivity index (χ2n) is 13.0. The predicted octanol–water partition coefficient (Wildman–Crippen LogP) is 8.47. The topological polar surface area (TPSA) is 140 Å². The average Bonchev–Trinajstić information content (AvgIpc) is 3.18. The Labute approximate surface area is 333 Å². The fourth-order valence-electron chi connectivity index (χ4n) is 5.62. The molecule has 11 heteroatoms. The van der Waals surface area contributed by atoms with Crippen LogP contribution in [0.3, 0.4) is 0 Å². The van der Waals surface area contributed by atoms with E-state index in [2.05, 4.69) is 4.90 Å². The van der Waals surface area contributed by atoms with Gasteiger partial charge >= 0.3 is 11.9 Å². The number of ether oxygens (including phenoxy) is 2. The minimum atomic E-state index is -0.431. The summed E-state index contributed by atoms with van der Waals surface area (Å²) in [4.78, 5) is 28.0. The average molecular weight is 781 g/mol. The quantitative estimate of drug-likeness (QED) is 0.0570. The molecule has 4 N–H and O–H groups in total. The molecule has 5 aromatic rings. The molecule has 0 atom stereocenters. The molecular formula is C45H49ClN2O8. The Bertz CT molecular complexity index is 2120. The zero-order chi connectivity index (χ0) is 40.5. The van der Waals surface area contributed by atoms with Crippen LogP contribution in [0.25, 0.3) is 22.9 Å². The third kappa shape index (κ3) is 14.4. The summed E-state index contributed by atoms with van der Waals surface area (Å²) in [6.07, 6.45) is 6.12. The number of aryl methyl sites for hydroxylation is 1. The van der Waals surface area contributed by atoms with E-state index in [-0.39, 0.29) is 36.2 Å². The highest BCUT2D eigenvalue weighted by molar-refractivity contribution is 6.30. The molecule has 0 aliphatic rings. The van der Waals surface area contributed by atoms with Crippen LogP contribution in [0.2, 0.25) is 5.02 Å². The van der Waals surface area contributed by atoms with Crippen LogP contribution in [0, 0.1) is 6.92 Å². The minimum Gasteiger partial charge on any atom is -0.508 e. The second kappa shape index (κ2) is 21.9. The maximum atomic E-state index is 12.1. The Morgan fingerprint density at radius 2 is 1.11 bits per heavy atom. The number of aromatic hydroxyl groups is 4. The number of carbonyl (C=O) groups excluding carboxylic acids is 2. The molecular weight excluding hydrogens is 732 g/mol. The van der Waals surface area contributed by atoms with E-state index in [0.29, 0.717) is 31.2 Å². The van der Waals surface area contributed by atoms with E-state index in [0.717, 1.165) is 51.7 Å². The number of carbonyl (C=O) groups is 2. The van der Waals surface area contributed by atoms with Crippen molar-refractivity contribution in [2.45, 2.75) is 33.9 Å². The molecule has 0 radical (unpaired) electrons. The van der Waals surface area contributed by atoms with E-state index >= 15 is 0 Å². The molecule has 10 nitrogen and oxygen atoms in total. The first-order valence-electron chi connectivity index (χ1n) is 18.3. The monoisotopic (exact) mass is 780 g/mol. The fourth-order valence-corrected chi connectivity index (χ4v) is 5.81. The van der Waals surface area contributed by atoms with Gasteiger partial charge in [0.25, 0.3) is 0 Å². The molecule has 0 fully saturated rings. The number of phenols is 4. The SMILES string of the molecule is CCN(CCOC(=O)/C=C/c1ccc(O)cc1)Cc1cc(Cl)ccc1O.CCN(CCOC(=O)/C=C/c1ccc2cc(O)ccc2c1)Cc1cc(C)ccc1O. The highest BCUT2D eigenvalue weighted by Gasteiger charge is 2.11. The van der Waals surface area contributed by atoms with Crippen LogP contribution in [0.5, 0.6) is 23.0 Å². The van der Waals surface area contributed by atoms with Gasteiger partial charge in [-0.1, -0.05) is 73.5 Å². The zero-order valence-corrected chi connectivity index (χ0v) is 32.7. The summed E-state index contributed by atoms with van der Waals surface area (Å²) in [7, 11) is 0. The van der Waals surface area contributed by atoms with Crippen molar-refractivity contribution in [3.8, 4) is 23.0 Å². The van der Waals surface area contributed by atoms with Crippen molar-refractivity contribution in [2.75, 3.05) is 39.4 Å². The number of rotatable bonds is 16. The van der Waals surface area contributed by atoms with Crippen molar-refractivity contribution in [2.24, 2.45) is 0 Å². The highest BCUT2D eigenvalue weighted by Crippen LogP contribution is 2.24. The summed E-state index contributed by atoms with van der Waals surface area (Å²) in [6.45, 7) is 10.3. The maximum Gasteiger partial charge on any atom is 0.330 e. The summed E-state index contributed by atoms with van der Waals surface area (Å²) < 4.78 is 10.5. The number of benzene rings is 5. The van der Waals surface area contributed by atoms with Gasteiger partial charge < -0.3 is 29.9 Å². The van der Waals surface area contributed by atoms with Gasteiger partial charge in [-0.2, -0.15) is 0 Å². The molecule has 0 aromatic heterocycles. The molecule has 5 aromatic carbocycles. The van der Waals surface area contributed by atoms with E-state index in [9.17, 15) is 30.0 Å². The maximum absolute atomic E-state index is 12.1. The van der Waals surface area contributed by atoms with E-state index in [4.69, 9.17) is 21.1 Å². The largest absolute Gasteiger partial charge is 0.508 e. The highest BCUT2D eigenvalue weighted by atomic mass is 35.5. The lowest BCUT2D eigenvalue weighted by Crippen LogP contribution is -2.27. The van der Waals surface area contributed by atoms with Crippen LogP contribution < -0.4 is 0 Å². The molecule has 0 bridgehead atoms. The fraction of sp³-hybridized carbons (Fsp3) is 0.244. The second-order valence-corrected chi connectivity index (χ2v) is 13.5. The van der Waals surface area contributed by atoms with Gasteiger partial charge in [0.15, 0.2) is 0 Å². The number of nitrogens with zero attached hydrogens (tertiary/aromatic N) is 2. The van der Waals surface area contributed by atoms with E-state index < -0.39 is 11.9 Å². The van der Waals surface area contributed by atoms with Gasteiger partial charge in [0.2, 0.25) is 0 Å². The lowest BCUT2D eigenvalue weighted by molar-refractivity contribution is -0.139. The van der Waals surface area contributed by atoms with E-state index in [1.165, 1.54) is 12.2 Å². The van der Waals surface area contributed by atoms with Crippen LogP contribution >= 0.6 is 11.6 Å². The standard InChI is InChI=1S/C25H27NO4.C20H22ClNO4/c1-3-26(17-22-14-18(2)4-10-24(22)28)12-13-30-25(29)11-6-19-5-7-21-16-23(27)9-8-20(21)15-19;1-2-22(14-16-13-17(21)6-9-19(16)24)11-12-26-20(25)10-5-15-3-7-18(23)8-4-15/h4-11,14-16,27-28H,3,12-13,17H2,1-2H3;3-10,13,23-24H,2,11-12,14H2,1H3/b11-6+;10-5+.